The van der Waals surface area contributed by atoms with Crippen molar-refractivity contribution in [2.24, 2.45) is 4.99 Å². The molecule has 0 fully saturated rings. The lowest BCUT2D eigenvalue weighted by molar-refractivity contribution is 0.247. The molecule has 10 nitrogen and oxygen atoms in total. The quantitative estimate of drug-likeness (QED) is 0.349. The van der Waals surface area contributed by atoms with Crippen molar-refractivity contribution >= 4 is 40.9 Å². The van der Waals surface area contributed by atoms with Gasteiger partial charge in [-0.2, -0.15) is 5.10 Å². The molecule has 0 aliphatic carbocycles. The molecule has 12 heteroatoms. The molecule has 5 aromatic rings. The summed E-state index contributed by atoms with van der Waals surface area (Å²) in [5, 5.41) is 5.42. The van der Waals surface area contributed by atoms with Crippen molar-refractivity contribution in [1.82, 2.24) is 29.1 Å². The molecule has 0 bridgehead atoms. The number of methoxy groups -OCH3 is 1. The number of rotatable bonds is 6. The number of nitrogen functional groups attached to an aromatic ring is 1. The Morgan fingerprint density at radius 3 is 2.87 bits per heavy atom. The van der Waals surface area contributed by atoms with Gasteiger partial charge in [-0.15, -0.1) is 0 Å². The van der Waals surface area contributed by atoms with Gasteiger partial charge in [0.15, 0.2) is 5.65 Å². The smallest absolute Gasteiger partial charge is 0.266 e. The third-order valence-electron chi connectivity index (χ3n) is 6.43. The molecule has 0 spiro atoms. The molecule has 2 N–H and O–H groups in total. The molecule has 0 amide bonds. The van der Waals surface area contributed by atoms with Crippen LogP contribution in [0.25, 0.3) is 33.3 Å². The van der Waals surface area contributed by atoms with Crippen LogP contribution in [0.1, 0.15) is 17.0 Å². The number of nitrogens with two attached hydrogens (primary N) is 1. The van der Waals surface area contributed by atoms with E-state index in [0.717, 1.165) is 16.6 Å². The fourth-order valence-electron chi connectivity index (χ4n) is 4.73. The molecule has 1 aliphatic heterocycles. The van der Waals surface area contributed by atoms with Crippen LogP contribution < -0.4 is 11.3 Å². The first-order valence-electron chi connectivity index (χ1n) is 11.9. The Morgan fingerprint density at radius 2 is 2.05 bits per heavy atom. The first-order chi connectivity index (χ1) is 18.4. The van der Waals surface area contributed by atoms with Crippen LogP contribution in [0, 0.1) is 12.7 Å². The van der Waals surface area contributed by atoms with Gasteiger partial charge >= 0.3 is 0 Å². The van der Waals surface area contributed by atoms with Crippen LogP contribution in [0.5, 0.6) is 0 Å². The summed E-state index contributed by atoms with van der Waals surface area (Å²) in [6.45, 7) is 2.40. The van der Waals surface area contributed by atoms with Gasteiger partial charge in [-0.1, -0.05) is 18.2 Å². The standard InChI is InChI=1S/C26H22BFN8O2/c1-14-6-7-20-33-18(21(26(37)35(20)10-14)15-4-3-5-16(28)8-15)11-36-25-22(24(29)31-13-32-25)23(34-36)17-9-30-19(27-17)12-38-2/h3-10,13,27H,11-12H2,1-2H3,(H2,29,31,32). The van der Waals surface area contributed by atoms with Gasteiger partial charge in [0.25, 0.3) is 5.56 Å². The van der Waals surface area contributed by atoms with E-state index in [-0.39, 0.29) is 23.5 Å². The zero-order valence-electron chi connectivity index (χ0n) is 20.7. The number of hydrogen-bond donors (Lipinski definition) is 1. The van der Waals surface area contributed by atoms with E-state index < -0.39 is 5.82 Å². The van der Waals surface area contributed by atoms with E-state index in [2.05, 4.69) is 15.0 Å². The molecule has 188 valence electrons. The Morgan fingerprint density at radius 1 is 1.18 bits per heavy atom. The first-order valence-corrected chi connectivity index (χ1v) is 11.9. The Hall–Kier alpha value is -4.71. The summed E-state index contributed by atoms with van der Waals surface area (Å²) in [5.74, 6) is -0.167. The minimum atomic E-state index is -0.449. The lowest BCUT2D eigenvalue weighted by atomic mass is 9.65. The van der Waals surface area contributed by atoms with Crippen molar-refractivity contribution in [3.05, 3.63) is 88.2 Å². The molecule has 1 aromatic carbocycles. The highest BCUT2D eigenvalue weighted by molar-refractivity contribution is 6.91. The van der Waals surface area contributed by atoms with Crippen LogP contribution in [0.3, 0.4) is 0 Å². The number of anilines is 1. The maximum absolute atomic E-state index is 14.2. The number of aliphatic imine (C=N–C) groups is 1. The van der Waals surface area contributed by atoms with E-state index >= 15 is 0 Å². The number of halogens is 1. The Balaban J connectivity index is 1.53. The Bertz CT molecular complexity index is 1860. The molecular formula is C26H22BFN8O2. The molecule has 0 saturated carbocycles. The van der Waals surface area contributed by atoms with E-state index in [1.807, 2.05) is 13.0 Å². The average Bonchev–Trinajstić information content (AvgIpc) is 3.50. The van der Waals surface area contributed by atoms with E-state index in [4.69, 9.17) is 20.6 Å². The van der Waals surface area contributed by atoms with E-state index in [9.17, 15) is 9.18 Å². The number of hydrogen-bond acceptors (Lipinski definition) is 8. The van der Waals surface area contributed by atoms with E-state index in [1.54, 1.807) is 42.4 Å². The van der Waals surface area contributed by atoms with Gasteiger partial charge in [0.1, 0.15) is 23.6 Å². The van der Waals surface area contributed by atoms with Gasteiger partial charge in [-0.3, -0.25) is 14.2 Å². The summed E-state index contributed by atoms with van der Waals surface area (Å²) < 4.78 is 22.6. The molecular weight excluding hydrogens is 486 g/mol. The molecule has 0 radical (unpaired) electrons. The first kappa shape index (κ1) is 23.7. The van der Waals surface area contributed by atoms with Crippen molar-refractivity contribution < 1.29 is 9.13 Å². The summed E-state index contributed by atoms with van der Waals surface area (Å²) in [6, 6.07) is 9.58. The third-order valence-corrected chi connectivity index (χ3v) is 6.43. The number of aryl methyl sites for hydroxylation is 1. The Kier molecular flexibility index (Phi) is 5.80. The number of nitrogens with zero attached hydrogens (tertiary/aromatic N) is 7. The normalized spacial score (nSPS) is 13.1. The van der Waals surface area contributed by atoms with Gasteiger partial charge in [0.05, 0.1) is 35.5 Å². The van der Waals surface area contributed by atoms with E-state index in [0.29, 0.717) is 47.5 Å². The number of ether oxygens (including phenoxy) is 1. The minimum Gasteiger partial charge on any atom is -0.383 e. The van der Waals surface area contributed by atoms with E-state index in [1.165, 1.54) is 22.9 Å². The van der Waals surface area contributed by atoms with Crippen LogP contribution in [0.2, 0.25) is 0 Å². The number of pyridine rings is 1. The van der Waals surface area contributed by atoms with Crippen molar-refractivity contribution in [2.45, 2.75) is 13.5 Å². The van der Waals surface area contributed by atoms with Crippen LogP contribution >= 0.6 is 0 Å². The van der Waals surface area contributed by atoms with Crippen LogP contribution in [0.15, 0.2) is 64.9 Å². The fourth-order valence-corrected chi connectivity index (χ4v) is 4.73. The minimum absolute atomic E-state index is 0.0947. The second kappa shape index (κ2) is 9.31. The summed E-state index contributed by atoms with van der Waals surface area (Å²) >= 11 is 0. The number of aromatic nitrogens is 6. The topological polar surface area (TPSA) is 126 Å². The van der Waals surface area contributed by atoms with Crippen molar-refractivity contribution in [1.29, 1.82) is 0 Å². The summed E-state index contributed by atoms with van der Waals surface area (Å²) in [6.07, 6.45) is 4.83. The summed E-state index contributed by atoms with van der Waals surface area (Å²) in [7, 11) is 2.17. The SMILES string of the molecule is COCC1=NC=C(c2nn(Cc3nc4ccc(C)cn4c(=O)c3-c3cccc(F)c3)c3ncnc(N)c23)B1. The summed E-state index contributed by atoms with van der Waals surface area (Å²) in [4.78, 5) is 31.6. The molecule has 0 atom stereocenters. The zero-order valence-corrected chi connectivity index (χ0v) is 20.7. The highest BCUT2D eigenvalue weighted by Crippen LogP contribution is 2.30. The van der Waals surface area contributed by atoms with Gasteiger partial charge in [0, 0.05) is 25.1 Å². The predicted octanol–water partition coefficient (Wildman–Crippen LogP) is 2.37. The molecule has 5 heterocycles. The molecule has 0 unspecified atom stereocenters. The maximum Gasteiger partial charge on any atom is 0.266 e. The Labute approximate surface area is 216 Å². The molecule has 4 aromatic heterocycles. The third kappa shape index (κ3) is 4.04. The summed E-state index contributed by atoms with van der Waals surface area (Å²) in [5.41, 5.74) is 11.3. The van der Waals surface area contributed by atoms with Gasteiger partial charge < -0.3 is 10.5 Å². The van der Waals surface area contributed by atoms with Crippen LogP contribution in [0.4, 0.5) is 10.2 Å². The lowest BCUT2D eigenvalue weighted by Crippen LogP contribution is -2.21. The fraction of sp³-hybridized carbons (Fsp3) is 0.154. The van der Waals surface area contributed by atoms with Crippen molar-refractivity contribution in [3.8, 4) is 11.1 Å². The lowest BCUT2D eigenvalue weighted by Gasteiger charge is -2.12. The van der Waals surface area contributed by atoms with Gasteiger partial charge in [0.2, 0.25) is 7.28 Å². The second-order valence-electron chi connectivity index (χ2n) is 9.11. The van der Waals surface area contributed by atoms with Crippen molar-refractivity contribution in [2.75, 3.05) is 19.5 Å². The van der Waals surface area contributed by atoms with Crippen LogP contribution in [-0.4, -0.2) is 55.7 Å². The van der Waals surface area contributed by atoms with Gasteiger partial charge in [-0.25, -0.2) is 24.0 Å². The monoisotopic (exact) mass is 508 g/mol. The largest absolute Gasteiger partial charge is 0.383 e. The highest BCUT2D eigenvalue weighted by Gasteiger charge is 2.24. The second-order valence-corrected chi connectivity index (χ2v) is 9.11. The molecule has 1 aliphatic rings. The average molecular weight is 508 g/mol. The molecule has 0 saturated heterocycles. The van der Waals surface area contributed by atoms with Crippen LogP contribution in [-0.2, 0) is 11.3 Å². The molecule has 6 rings (SSSR count). The zero-order chi connectivity index (χ0) is 26.4. The highest BCUT2D eigenvalue weighted by atomic mass is 19.1. The number of fused-ring (bicyclic) bond motifs is 2. The van der Waals surface area contributed by atoms with Crippen molar-refractivity contribution in [3.63, 3.8) is 0 Å². The number of benzene rings is 1. The predicted molar refractivity (Wildman–Crippen MR) is 145 cm³/mol. The van der Waals surface area contributed by atoms with Gasteiger partial charge in [-0.05, 0) is 41.7 Å². The maximum atomic E-state index is 14.2. The molecule has 38 heavy (non-hydrogen) atoms.